The van der Waals surface area contributed by atoms with Crippen molar-refractivity contribution in [2.45, 2.75) is 33.1 Å². The lowest BCUT2D eigenvalue weighted by Crippen LogP contribution is -2.29. The summed E-state index contributed by atoms with van der Waals surface area (Å²) in [7, 11) is 4.06. The van der Waals surface area contributed by atoms with Gasteiger partial charge in [0.25, 0.3) is 5.91 Å². The van der Waals surface area contributed by atoms with E-state index in [0.717, 1.165) is 30.0 Å². The summed E-state index contributed by atoms with van der Waals surface area (Å²) in [6, 6.07) is 4.20. The number of anilines is 1. The molecule has 1 atom stereocenters. The molecule has 0 N–H and O–H groups in total. The number of likely N-dealkylation sites (tertiary alicyclic amines) is 1. The SMILES string of the molecule is Cc1cc(N(C)C)cc([C@H]2CCN(C(=O)c3c(C)noc3C)C2)n1. The third-order valence-electron chi connectivity index (χ3n) is 4.62. The fourth-order valence-corrected chi connectivity index (χ4v) is 3.28. The fraction of sp³-hybridized carbons (Fsp3) is 0.500. The van der Waals surface area contributed by atoms with E-state index in [0.29, 0.717) is 23.6 Å². The summed E-state index contributed by atoms with van der Waals surface area (Å²) in [4.78, 5) is 21.4. The van der Waals surface area contributed by atoms with E-state index in [-0.39, 0.29) is 11.8 Å². The van der Waals surface area contributed by atoms with Crippen molar-refractivity contribution in [1.29, 1.82) is 0 Å². The molecular formula is C18H24N4O2. The Balaban J connectivity index is 1.80. The van der Waals surface area contributed by atoms with Gasteiger partial charge in [0.15, 0.2) is 0 Å². The van der Waals surface area contributed by atoms with Gasteiger partial charge in [-0.3, -0.25) is 9.78 Å². The van der Waals surface area contributed by atoms with Crippen LogP contribution >= 0.6 is 0 Å². The smallest absolute Gasteiger partial charge is 0.259 e. The standard InChI is InChI=1S/C18H24N4O2/c1-11-8-15(21(4)5)9-16(19-11)14-6-7-22(10-14)18(23)17-12(2)20-24-13(17)3/h8-9,14H,6-7,10H2,1-5H3/t14-/m0/s1. The summed E-state index contributed by atoms with van der Waals surface area (Å²) >= 11 is 0. The lowest BCUT2D eigenvalue weighted by molar-refractivity contribution is 0.0788. The van der Waals surface area contributed by atoms with E-state index in [2.05, 4.69) is 22.2 Å². The van der Waals surface area contributed by atoms with Crippen molar-refractivity contribution in [1.82, 2.24) is 15.0 Å². The second-order valence-electron chi connectivity index (χ2n) is 6.72. The van der Waals surface area contributed by atoms with Gasteiger partial charge in [0.05, 0.1) is 5.69 Å². The summed E-state index contributed by atoms with van der Waals surface area (Å²) in [5.41, 5.74) is 4.47. The molecule has 24 heavy (non-hydrogen) atoms. The van der Waals surface area contributed by atoms with Crippen LogP contribution < -0.4 is 4.90 Å². The molecule has 0 bridgehead atoms. The number of pyridine rings is 1. The largest absolute Gasteiger partial charge is 0.378 e. The molecule has 128 valence electrons. The number of rotatable bonds is 3. The van der Waals surface area contributed by atoms with Gasteiger partial charge >= 0.3 is 0 Å². The lowest BCUT2D eigenvalue weighted by atomic mass is 10.0. The van der Waals surface area contributed by atoms with E-state index >= 15 is 0 Å². The lowest BCUT2D eigenvalue weighted by Gasteiger charge is -2.18. The van der Waals surface area contributed by atoms with Crippen LogP contribution in [0.4, 0.5) is 5.69 Å². The maximum atomic E-state index is 12.8. The molecule has 1 fully saturated rings. The zero-order valence-electron chi connectivity index (χ0n) is 15.0. The molecule has 6 nitrogen and oxygen atoms in total. The minimum absolute atomic E-state index is 0.00855. The Kier molecular flexibility index (Phi) is 4.30. The molecule has 3 heterocycles. The number of aromatic nitrogens is 2. The van der Waals surface area contributed by atoms with Crippen molar-refractivity contribution >= 4 is 11.6 Å². The Hall–Kier alpha value is -2.37. The third kappa shape index (κ3) is 3.00. The first-order chi connectivity index (χ1) is 11.4. The summed E-state index contributed by atoms with van der Waals surface area (Å²) < 4.78 is 5.13. The van der Waals surface area contributed by atoms with Gasteiger partial charge < -0.3 is 14.3 Å². The van der Waals surface area contributed by atoms with E-state index in [1.54, 1.807) is 6.92 Å². The maximum absolute atomic E-state index is 12.8. The van der Waals surface area contributed by atoms with E-state index in [9.17, 15) is 4.79 Å². The van der Waals surface area contributed by atoms with Crippen molar-refractivity contribution < 1.29 is 9.32 Å². The van der Waals surface area contributed by atoms with Crippen molar-refractivity contribution in [3.63, 3.8) is 0 Å². The van der Waals surface area contributed by atoms with Crippen LogP contribution in [0.2, 0.25) is 0 Å². The van der Waals surface area contributed by atoms with Crippen LogP contribution in [-0.2, 0) is 0 Å². The minimum Gasteiger partial charge on any atom is -0.378 e. The van der Waals surface area contributed by atoms with Crippen LogP contribution in [-0.4, -0.2) is 48.1 Å². The van der Waals surface area contributed by atoms with Gasteiger partial charge in [0.1, 0.15) is 11.3 Å². The highest BCUT2D eigenvalue weighted by molar-refractivity contribution is 5.96. The highest BCUT2D eigenvalue weighted by Crippen LogP contribution is 2.30. The molecule has 1 aliphatic heterocycles. The molecule has 0 radical (unpaired) electrons. The van der Waals surface area contributed by atoms with E-state index < -0.39 is 0 Å². The number of amides is 1. The van der Waals surface area contributed by atoms with Crippen LogP contribution in [0.5, 0.6) is 0 Å². The highest BCUT2D eigenvalue weighted by atomic mass is 16.5. The normalized spacial score (nSPS) is 17.4. The Labute approximate surface area is 142 Å². The van der Waals surface area contributed by atoms with Crippen molar-refractivity contribution in [2.75, 3.05) is 32.1 Å². The van der Waals surface area contributed by atoms with Crippen LogP contribution in [0, 0.1) is 20.8 Å². The molecule has 0 spiro atoms. The molecule has 2 aromatic heterocycles. The number of hydrogen-bond donors (Lipinski definition) is 0. The highest BCUT2D eigenvalue weighted by Gasteiger charge is 2.31. The molecule has 6 heteroatoms. The first kappa shape index (κ1) is 16.5. The number of carbonyl (C=O) groups excluding carboxylic acids is 1. The molecule has 2 aromatic rings. The van der Waals surface area contributed by atoms with Gasteiger partial charge in [0.2, 0.25) is 0 Å². The molecular weight excluding hydrogens is 304 g/mol. The average molecular weight is 328 g/mol. The molecule has 1 saturated heterocycles. The fourth-order valence-electron chi connectivity index (χ4n) is 3.28. The van der Waals surface area contributed by atoms with E-state index in [1.807, 2.05) is 32.8 Å². The quantitative estimate of drug-likeness (QED) is 0.867. The Morgan fingerprint density at radius 1 is 1.29 bits per heavy atom. The summed E-state index contributed by atoms with van der Waals surface area (Å²) in [6.45, 7) is 7.03. The van der Waals surface area contributed by atoms with Gasteiger partial charge in [0, 0.05) is 50.2 Å². The maximum Gasteiger partial charge on any atom is 0.259 e. The van der Waals surface area contributed by atoms with Crippen molar-refractivity contribution in [2.24, 2.45) is 0 Å². The summed E-state index contributed by atoms with van der Waals surface area (Å²) in [5.74, 6) is 0.867. The topological polar surface area (TPSA) is 62.5 Å². The number of nitrogens with zero attached hydrogens (tertiary/aromatic N) is 4. The second-order valence-corrected chi connectivity index (χ2v) is 6.72. The van der Waals surface area contributed by atoms with Crippen molar-refractivity contribution in [3.8, 4) is 0 Å². The summed E-state index contributed by atoms with van der Waals surface area (Å²) in [6.07, 6.45) is 0.929. The Bertz CT molecular complexity index is 747. The molecule has 0 unspecified atom stereocenters. The predicted octanol–water partition coefficient (Wildman–Crippen LogP) is 2.69. The Morgan fingerprint density at radius 2 is 2.04 bits per heavy atom. The number of hydrogen-bond acceptors (Lipinski definition) is 5. The van der Waals surface area contributed by atoms with Gasteiger partial charge in [-0.05, 0) is 39.3 Å². The molecule has 3 rings (SSSR count). The zero-order valence-corrected chi connectivity index (χ0v) is 15.0. The number of aryl methyl sites for hydroxylation is 3. The second kappa shape index (κ2) is 6.26. The third-order valence-corrected chi connectivity index (χ3v) is 4.62. The molecule has 1 amide bonds. The number of carbonyl (C=O) groups is 1. The van der Waals surface area contributed by atoms with Crippen molar-refractivity contribution in [3.05, 3.63) is 40.5 Å². The average Bonchev–Trinajstić information content (AvgIpc) is 3.13. The molecule has 0 aliphatic carbocycles. The molecule has 0 saturated carbocycles. The van der Waals surface area contributed by atoms with Gasteiger partial charge in [-0.1, -0.05) is 5.16 Å². The van der Waals surface area contributed by atoms with Crippen LogP contribution in [0.25, 0.3) is 0 Å². The van der Waals surface area contributed by atoms with Crippen LogP contribution in [0.3, 0.4) is 0 Å². The first-order valence-corrected chi connectivity index (χ1v) is 8.25. The Morgan fingerprint density at radius 3 is 2.67 bits per heavy atom. The van der Waals surface area contributed by atoms with Gasteiger partial charge in [-0.2, -0.15) is 0 Å². The zero-order chi connectivity index (χ0) is 17.4. The van der Waals surface area contributed by atoms with Gasteiger partial charge in [-0.25, -0.2) is 0 Å². The van der Waals surface area contributed by atoms with Gasteiger partial charge in [-0.15, -0.1) is 0 Å². The van der Waals surface area contributed by atoms with Crippen LogP contribution in [0.1, 0.15) is 45.5 Å². The summed E-state index contributed by atoms with van der Waals surface area (Å²) in [5, 5.41) is 3.89. The minimum atomic E-state index is 0.00855. The van der Waals surface area contributed by atoms with Crippen LogP contribution in [0.15, 0.2) is 16.7 Å². The molecule has 0 aromatic carbocycles. The van der Waals surface area contributed by atoms with E-state index in [4.69, 9.17) is 9.51 Å². The van der Waals surface area contributed by atoms with E-state index in [1.165, 1.54) is 0 Å². The monoisotopic (exact) mass is 328 g/mol. The first-order valence-electron chi connectivity index (χ1n) is 8.25. The predicted molar refractivity (Wildman–Crippen MR) is 92.5 cm³/mol. The molecule has 1 aliphatic rings.